The third-order valence-corrected chi connectivity index (χ3v) is 3.63. The van der Waals surface area contributed by atoms with E-state index in [4.69, 9.17) is 14.9 Å². The molecular formula is C15H19NO2. The Balaban J connectivity index is 1.88. The quantitative estimate of drug-likeness (QED) is 0.883. The summed E-state index contributed by atoms with van der Waals surface area (Å²) in [5, 5.41) is 1.12. The van der Waals surface area contributed by atoms with E-state index in [-0.39, 0.29) is 12.1 Å². The van der Waals surface area contributed by atoms with Gasteiger partial charge in [-0.2, -0.15) is 0 Å². The minimum atomic E-state index is -0.155. The van der Waals surface area contributed by atoms with Crippen molar-refractivity contribution < 1.29 is 9.15 Å². The maximum atomic E-state index is 6.25. The topological polar surface area (TPSA) is 48.4 Å². The second-order valence-corrected chi connectivity index (χ2v) is 5.12. The Hall–Kier alpha value is -1.32. The van der Waals surface area contributed by atoms with Gasteiger partial charge in [-0.05, 0) is 44.4 Å². The Morgan fingerprint density at radius 2 is 2.17 bits per heavy atom. The average molecular weight is 245 g/mol. The van der Waals surface area contributed by atoms with Gasteiger partial charge >= 0.3 is 0 Å². The van der Waals surface area contributed by atoms with Gasteiger partial charge in [0.05, 0.1) is 12.1 Å². The van der Waals surface area contributed by atoms with Gasteiger partial charge in [-0.3, -0.25) is 0 Å². The van der Waals surface area contributed by atoms with E-state index in [1.165, 1.54) is 12.0 Å². The molecule has 1 aromatic carbocycles. The van der Waals surface area contributed by atoms with Crippen molar-refractivity contribution in [3.63, 3.8) is 0 Å². The zero-order valence-corrected chi connectivity index (χ0v) is 10.7. The Kier molecular flexibility index (Phi) is 3.10. The summed E-state index contributed by atoms with van der Waals surface area (Å²) >= 11 is 0. The minimum absolute atomic E-state index is 0.0976. The van der Waals surface area contributed by atoms with Gasteiger partial charge in [-0.1, -0.05) is 11.6 Å². The van der Waals surface area contributed by atoms with Crippen LogP contribution in [0.25, 0.3) is 11.0 Å². The molecule has 2 aromatic rings. The summed E-state index contributed by atoms with van der Waals surface area (Å²) in [5.41, 5.74) is 8.39. The molecule has 3 heteroatoms. The van der Waals surface area contributed by atoms with Gasteiger partial charge in [-0.25, -0.2) is 0 Å². The first-order valence-corrected chi connectivity index (χ1v) is 6.61. The smallest absolute Gasteiger partial charge is 0.134 e. The maximum absolute atomic E-state index is 6.25. The van der Waals surface area contributed by atoms with Crippen molar-refractivity contribution in [2.75, 3.05) is 6.61 Å². The fourth-order valence-corrected chi connectivity index (χ4v) is 2.58. The summed E-state index contributed by atoms with van der Waals surface area (Å²) in [6.07, 6.45) is 3.46. The van der Waals surface area contributed by atoms with Crippen LogP contribution in [0.2, 0.25) is 0 Å². The van der Waals surface area contributed by atoms with E-state index in [0.717, 1.165) is 36.2 Å². The highest BCUT2D eigenvalue weighted by Gasteiger charge is 2.25. The molecule has 1 aliphatic rings. The molecule has 0 radical (unpaired) electrons. The van der Waals surface area contributed by atoms with Gasteiger partial charge in [-0.15, -0.1) is 0 Å². The SMILES string of the molecule is Cc1ccc2oc(C(N)C3CCCCO3)cc2c1. The van der Waals surface area contributed by atoms with Gasteiger partial charge < -0.3 is 14.9 Å². The third-order valence-electron chi connectivity index (χ3n) is 3.63. The molecule has 2 unspecified atom stereocenters. The number of nitrogens with two attached hydrogens (primary N) is 1. The molecule has 2 N–H and O–H groups in total. The number of rotatable bonds is 2. The molecule has 0 aliphatic carbocycles. The summed E-state index contributed by atoms with van der Waals surface area (Å²) in [4.78, 5) is 0. The zero-order chi connectivity index (χ0) is 12.5. The van der Waals surface area contributed by atoms with Gasteiger partial charge in [0.1, 0.15) is 11.3 Å². The first-order valence-electron chi connectivity index (χ1n) is 6.61. The van der Waals surface area contributed by atoms with Gasteiger partial charge in [0.15, 0.2) is 0 Å². The normalized spacial score (nSPS) is 22.2. The van der Waals surface area contributed by atoms with E-state index in [9.17, 15) is 0 Å². The summed E-state index contributed by atoms with van der Waals surface area (Å²) < 4.78 is 11.6. The summed E-state index contributed by atoms with van der Waals surface area (Å²) in [7, 11) is 0. The van der Waals surface area contributed by atoms with E-state index < -0.39 is 0 Å². The van der Waals surface area contributed by atoms with Crippen LogP contribution in [-0.2, 0) is 4.74 Å². The van der Waals surface area contributed by atoms with Crippen LogP contribution in [0.15, 0.2) is 28.7 Å². The largest absolute Gasteiger partial charge is 0.459 e. The molecule has 0 saturated carbocycles. The molecule has 0 spiro atoms. The maximum Gasteiger partial charge on any atom is 0.134 e. The van der Waals surface area contributed by atoms with E-state index in [1.807, 2.05) is 12.1 Å². The van der Waals surface area contributed by atoms with Crippen LogP contribution in [0.3, 0.4) is 0 Å². The lowest BCUT2D eigenvalue weighted by molar-refractivity contribution is -0.00361. The van der Waals surface area contributed by atoms with Crippen LogP contribution < -0.4 is 5.73 Å². The average Bonchev–Trinajstić information content (AvgIpc) is 2.81. The van der Waals surface area contributed by atoms with Crippen LogP contribution in [0.5, 0.6) is 0 Å². The molecular weight excluding hydrogens is 226 g/mol. The number of furan rings is 1. The van der Waals surface area contributed by atoms with E-state index in [2.05, 4.69) is 19.1 Å². The van der Waals surface area contributed by atoms with Gasteiger partial charge in [0.2, 0.25) is 0 Å². The van der Waals surface area contributed by atoms with Crippen molar-refractivity contribution in [3.05, 3.63) is 35.6 Å². The molecule has 2 atom stereocenters. The Bertz CT molecular complexity index is 540. The van der Waals surface area contributed by atoms with Crippen molar-refractivity contribution in [1.82, 2.24) is 0 Å². The predicted molar refractivity (Wildman–Crippen MR) is 71.5 cm³/mol. The Morgan fingerprint density at radius 1 is 1.28 bits per heavy atom. The van der Waals surface area contributed by atoms with E-state index in [1.54, 1.807) is 0 Å². The van der Waals surface area contributed by atoms with Crippen molar-refractivity contribution >= 4 is 11.0 Å². The van der Waals surface area contributed by atoms with Crippen LogP contribution in [0.4, 0.5) is 0 Å². The molecule has 18 heavy (non-hydrogen) atoms. The van der Waals surface area contributed by atoms with Crippen LogP contribution in [-0.4, -0.2) is 12.7 Å². The number of ether oxygens (including phenoxy) is 1. The van der Waals surface area contributed by atoms with Crippen LogP contribution >= 0.6 is 0 Å². The zero-order valence-electron chi connectivity index (χ0n) is 10.7. The highest BCUT2D eigenvalue weighted by molar-refractivity contribution is 5.78. The van der Waals surface area contributed by atoms with E-state index in [0.29, 0.717) is 0 Å². The van der Waals surface area contributed by atoms with Gasteiger partial charge in [0, 0.05) is 12.0 Å². The second kappa shape index (κ2) is 4.75. The second-order valence-electron chi connectivity index (χ2n) is 5.12. The lowest BCUT2D eigenvalue weighted by atomic mass is 10.0. The molecule has 96 valence electrons. The molecule has 3 rings (SSSR count). The van der Waals surface area contributed by atoms with Crippen molar-refractivity contribution in [3.8, 4) is 0 Å². The first-order chi connectivity index (χ1) is 8.74. The molecule has 0 bridgehead atoms. The predicted octanol–water partition coefficient (Wildman–Crippen LogP) is 3.31. The van der Waals surface area contributed by atoms with Crippen molar-refractivity contribution in [2.45, 2.75) is 38.3 Å². The lowest BCUT2D eigenvalue weighted by Gasteiger charge is -2.26. The highest BCUT2D eigenvalue weighted by Crippen LogP contribution is 2.29. The third kappa shape index (κ3) is 2.16. The molecule has 1 aromatic heterocycles. The minimum Gasteiger partial charge on any atom is -0.459 e. The Labute approximate surface area is 107 Å². The summed E-state index contributed by atoms with van der Waals surface area (Å²) in [6.45, 7) is 2.90. The molecule has 3 nitrogen and oxygen atoms in total. The lowest BCUT2D eigenvalue weighted by Crippen LogP contribution is -2.31. The standard InChI is InChI=1S/C15H19NO2/c1-10-5-6-12-11(8-10)9-14(18-12)15(16)13-4-2-3-7-17-13/h5-6,8-9,13,15H,2-4,7,16H2,1H3. The van der Waals surface area contributed by atoms with E-state index >= 15 is 0 Å². The Morgan fingerprint density at radius 3 is 2.94 bits per heavy atom. The first kappa shape index (κ1) is 11.8. The number of hydrogen-bond acceptors (Lipinski definition) is 3. The highest BCUT2D eigenvalue weighted by atomic mass is 16.5. The molecule has 1 fully saturated rings. The number of benzene rings is 1. The number of aryl methyl sites for hydroxylation is 1. The molecule has 2 heterocycles. The number of hydrogen-bond donors (Lipinski definition) is 1. The summed E-state index contributed by atoms with van der Waals surface area (Å²) in [5.74, 6) is 0.836. The van der Waals surface area contributed by atoms with Crippen LogP contribution in [0.1, 0.15) is 36.6 Å². The monoisotopic (exact) mass is 245 g/mol. The van der Waals surface area contributed by atoms with Gasteiger partial charge in [0.25, 0.3) is 0 Å². The molecule has 0 amide bonds. The molecule has 1 aliphatic heterocycles. The van der Waals surface area contributed by atoms with Crippen LogP contribution in [0, 0.1) is 6.92 Å². The fourth-order valence-electron chi connectivity index (χ4n) is 2.58. The fraction of sp³-hybridized carbons (Fsp3) is 0.467. The van der Waals surface area contributed by atoms with Crippen molar-refractivity contribution in [1.29, 1.82) is 0 Å². The number of fused-ring (bicyclic) bond motifs is 1. The van der Waals surface area contributed by atoms with Crippen molar-refractivity contribution in [2.24, 2.45) is 5.73 Å². The molecule has 1 saturated heterocycles. The summed E-state index contributed by atoms with van der Waals surface area (Å²) in [6, 6.07) is 8.07.